The van der Waals surface area contributed by atoms with Crippen LogP contribution in [0.15, 0.2) is 80.8 Å². The van der Waals surface area contributed by atoms with E-state index in [0.29, 0.717) is 5.56 Å². The Morgan fingerprint density at radius 2 is 1.58 bits per heavy atom. The molecule has 0 spiro atoms. The normalized spacial score (nSPS) is 14.9. The smallest absolute Gasteiger partial charge is 0.361 e. The quantitative estimate of drug-likeness (QED) is 0.262. The van der Waals surface area contributed by atoms with Crippen LogP contribution in [0.25, 0.3) is 22.0 Å². The number of nitrogens with one attached hydrogen (secondary N) is 1. The topological polar surface area (TPSA) is 28.1 Å². The second-order valence-corrected chi connectivity index (χ2v) is 9.01. The molecule has 0 saturated heterocycles. The highest BCUT2D eigenvalue weighted by molar-refractivity contribution is 9.10. The highest BCUT2D eigenvalue weighted by Gasteiger charge is 2.30. The van der Waals surface area contributed by atoms with Gasteiger partial charge in [-0.05, 0) is 54.1 Å². The van der Waals surface area contributed by atoms with Crippen LogP contribution in [-0.4, -0.2) is 11.2 Å². The van der Waals surface area contributed by atoms with Gasteiger partial charge >= 0.3 is 6.18 Å². The average molecular weight is 546 g/mol. The molecule has 154 valence electrons. The molecule has 0 saturated carbocycles. The van der Waals surface area contributed by atoms with E-state index in [9.17, 15) is 13.2 Å². The maximum Gasteiger partial charge on any atom is 0.416 e. The molecule has 3 aromatic carbocycles. The first kappa shape index (κ1) is 20.3. The molecule has 2 heterocycles. The summed E-state index contributed by atoms with van der Waals surface area (Å²) in [6.45, 7) is 0. The Balaban J connectivity index is 1.80. The van der Waals surface area contributed by atoms with Gasteiger partial charge in [0.05, 0.1) is 11.3 Å². The van der Waals surface area contributed by atoms with Gasteiger partial charge in [0, 0.05) is 54.5 Å². The maximum atomic E-state index is 13.1. The summed E-state index contributed by atoms with van der Waals surface area (Å²) in [7, 11) is 0. The molecule has 31 heavy (non-hydrogen) atoms. The molecule has 0 fully saturated rings. The maximum absolute atomic E-state index is 13.1. The number of hydrogen-bond donors (Lipinski definition) is 1. The van der Waals surface area contributed by atoms with E-state index in [2.05, 4.69) is 41.8 Å². The second kappa shape index (κ2) is 7.50. The fourth-order valence-electron chi connectivity index (χ4n) is 3.82. The third-order valence-electron chi connectivity index (χ3n) is 5.26. The van der Waals surface area contributed by atoms with E-state index in [0.717, 1.165) is 59.9 Å². The summed E-state index contributed by atoms with van der Waals surface area (Å²) < 4.78 is 41.2. The van der Waals surface area contributed by atoms with Crippen molar-refractivity contribution in [1.82, 2.24) is 4.98 Å². The number of halogens is 5. The molecular weight excluding hydrogens is 533 g/mol. The largest absolute Gasteiger partial charge is 0.416 e. The average Bonchev–Trinajstić information content (AvgIpc) is 3.33. The summed E-state index contributed by atoms with van der Waals surface area (Å²) >= 11 is 7.03. The highest BCUT2D eigenvalue weighted by Crippen LogP contribution is 2.42. The van der Waals surface area contributed by atoms with E-state index in [1.807, 2.05) is 42.6 Å². The molecule has 1 aliphatic rings. The monoisotopic (exact) mass is 544 g/mol. The van der Waals surface area contributed by atoms with Crippen LogP contribution in [-0.2, 0) is 6.18 Å². The molecule has 1 N–H and O–H groups in total. The number of nitrogens with zero attached hydrogens (tertiary/aromatic N) is 1. The Bertz CT molecular complexity index is 1380. The van der Waals surface area contributed by atoms with E-state index >= 15 is 0 Å². The van der Waals surface area contributed by atoms with Crippen LogP contribution in [0.3, 0.4) is 0 Å². The minimum absolute atomic E-state index is 0.675. The minimum atomic E-state index is -4.39. The highest BCUT2D eigenvalue weighted by atomic mass is 79.9. The van der Waals surface area contributed by atoms with Crippen molar-refractivity contribution in [2.75, 3.05) is 0 Å². The number of fused-ring (bicyclic) bond motifs is 2. The zero-order valence-corrected chi connectivity index (χ0v) is 18.9. The first-order valence-electron chi connectivity index (χ1n) is 9.34. The molecule has 0 radical (unpaired) electrons. The van der Waals surface area contributed by atoms with Crippen LogP contribution >= 0.6 is 31.9 Å². The number of alkyl halides is 3. The Morgan fingerprint density at radius 3 is 2.32 bits per heavy atom. The predicted molar refractivity (Wildman–Crippen MR) is 126 cm³/mol. The van der Waals surface area contributed by atoms with Crippen LogP contribution in [0.2, 0.25) is 0 Å². The van der Waals surface area contributed by atoms with Crippen LogP contribution in [0, 0.1) is 0 Å². The standard InChI is InChI=1S/C24H13Br2F3N2/c25-15-5-7-21-17(9-15)19(11-30-21)23(13-1-3-14(4-2-13)24(27,28)29)20-12-31-22-8-6-16(26)10-18(20)22/h1-12,30H. The van der Waals surface area contributed by atoms with Gasteiger partial charge in [-0.3, -0.25) is 4.99 Å². The van der Waals surface area contributed by atoms with Crippen molar-refractivity contribution in [2.45, 2.75) is 6.18 Å². The van der Waals surface area contributed by atoms with Gasteiger partial charge in [0.1, 0.15) is 0 Å². The van der Waals surface area contributed by atoms with Crippen LogP contribution in [0.4, 0.5) is 18.9 Å². The van der Waals surface area contributed by atoms with E-state index < -0.39 is 11.7 Å². The summed E-state index contributed by atoms with van der Waals surface area (Å²) in [5.41, 5.74) is 5.26. The van der Waals surface area contributed by atoms with Gasteiger partial charge in [-0.1, -0.05) is 44.0 Å². The summed E-state index contributed by atoms with van der Waals surface area (Å²) in [6, 6.07) is 17.0. The van der Waals surface area contributed by atoms with Gasteiger partial charge < -0.3 is 4.98 Å². The number of aromatic nitrogens is 1. The Labute approximate surface area is 192 Å². The van der Waals surface area contributed by atoms with Crippen molar-refractivity contribution in [2.24, 2.45) is 4.99 Å². The van der Waals surface area contributed by atoms with E-state index in [4.69, 9.17) is 0 Å². The zero-order chi connectivity index (χ0) is 21.8. The van der Waals surface area contributed by atoms with E-state index in [1.165, 1.54) is 12.1 Å². The number of aromatic amines is 1. The molecule has 0 aliphatic carbocycles. The lowest BCUT2D eigenvalue weighted by atomic mass is 9.89. The molecule has 0 bridgehead atoms. The minimum Gasteiger partial charge on any atom is -0.361 e. The third-order valence-corrected chi connectivity index (χ3v) is 6.25. The third kappa shape index (κ3) is 3.66. The van der Waals surface area contributed by atoms with Crippen LogP contribution in [0.5, 0.6) is 0 Å². The van der Waals surface area contributed by atoms with Crippen molar-refractivity contribution < 1.29 is 13.2 Å². The number of H-pyrrole nitrogens is 1. The molecule has 0 unspecified atom stereocenters. The Hall–Kier alpha value is -2.64. The number of benzene rings is 3. The van der Waals surface area contributed by atoms with Gasteiger partial charge in [-0.25, -0.2) is 0 Å². The van der Waals surface area contributed by atoms with Crippen molar-refractivity contribution in [3.63, 3.8) is 0 Å². The molecule has 1 aromatic heterocycles. The zero-order valence-electron chi connectivity index (χ0n) is 15.8. The number of hydrogen-bond acceptors (Lipinski definition) is 1. The van der Waals surface area contributed by atoms with Crippen LogP contribution in [0.1, 0.15) is 22.3 Å². The van der Waals surface area contributed by atoms with E-state index in [1.54, 1.807) is 6.21 Å². The fraction of sp³-hybridized carbons (Fsp3) is 0.0417. The second-order valence-electron chi connectivity index (χ2n) is 7.18. The summed E-state index contributed by atoms with van der Waals surface area (Å²) in [6.07, 6.45) is -0.717. The molecular formula is C24H13Br2F3N2. The molecule has 4 aromatic rings. The lowest BCUT2D eigenvalue weighted by Gasteiger charge is -2.14. The predicted octanol–water partition coefficient (Wildman–Crippen LogP) is 8.39. The number of aliphatic imine (C=N–C) groups is 1. The summed E-state index contributed by atoms with van der Waals surface area (Å²) in [5.74, 6) is 0. The lowest BCUT2D eigenvalue weighted by Crippen LogP contribution is -2.04. The molecule has 2 nitrogen and oxygen atoms in total. The molecule has 7 heteroatoms. The lowest BCUT2D eigenvalue weighted by molar-refractivity contribution is -0.137. The number of rotatable bonds is 2. The van der Waals surface area contributed by atoms with Crippen molar-refractivity contribution in [3.05, 3.63) is 98.1 Å². The Kier molecular flexibility index (Phi) is 4.90. The van der Waals surface area contributed by atoms with Crippen molar-refractivity contribution in [3.8, 4) is 0 Å². The molecule has 0 amide bonds. The summed E-state index contributed by atoms with van der Waals surface area (Å²) in [5, 5.41) is 0.966. The van der Waals surface area contributed by atoms with Gasteiger partial charge in [0.2, 0.25) is 0 Å². The van der Waals surface area contributed by atoms with Gasteiger partial charge in [-0.2, -0.15) is 13.2 Å². The first-order chi connectivity index (χ1) is 14.8. The van der Waals surface area contributed by atoms with Gasteiger partial charge in [0.15, 0.2) is 0 Å². The SMILES string of the molecule is FC(F)(F)c1ccc(C(=C2C=Nc3ccc(Br)cc32)c2c[nH]c3ccc(Br)cc23)cc1. The van der Waals surface area contributed by atoms with Crippen molar-refractivity contribution >= 4 is 65.8 Å². The van der Waals surface area contributed by atoms with E-state index in [-0.39, 0.29) is 0 Å². The summed E-state index contributed by atoms with van der Waals surface area (Å²) in [4.78, 5) is 7.80. The van der Waals surface area contributed by atoms with Crippen LogP contribution < -0.4 is 0 Å². The fourth-order valence-corrected chi connectivity index (χ4v) is 4.54. The van der Waals surface area contributed by atoms with Gasteiger partial charge in [-0.15, -0.1) is 0 Å². The molecule has 5 rings (SSSR count). The molecule has 0 atom stereocenters. The first-order valence-corrected chi connectivity index (χ1v) is 10.9. The Morgan fingerprint density at radius 1 is 0.871 bits per heavy atom. The van der Waals surface area contributed by atoms with Gasteiger partial charge in [0.25, 0.3) is 0 Å². The molecule has 1 aliphatic heterocycles. The van der Waals surface area contributed by atoms with Crippen molar-refractivity contribution in [1.29, 1.82) is 0 Å². The number of allylic oxidation sites excluding steroid dienone is 1.